The highest BCUT2D eigenvalue weighted by Gasteiger charge is 2.15. The molecule has 0 saturated carbocycles. The summed E-state index contributed by atoms with van der Waals surface area (Å²) in [6, 6.07) is 8.38. The van der Waals surface area contributed by atoms with E-state index in [1.165, 1.54) is 10.4 Å². The molecule has 0 unspecified atom stereocenters. The third kappa shape index (κ3) is 2.30. The molecular weight excluding hydrogens is 334 g/mol. The maximum Gasteiger partial charge on any atom is 0.152 e. The molecule has 3 nitrogen and oxygen atoms in total. The Kier molecular flexibility index (Phi) is 3.92. The minimum atomic E-state index is 0.550. The molecule has 2 heterocycles. The van der Waals surface area contributed by atoms with Gasteiger partial charge >= 0.3 is 0 Å². The summed E-state index contributed by atoms with van der Waals surface area (Å²) in [5.41, 5.74) is 9.05. The summed E-state index contributed by atoms with van der Waals surface area (Å²) in [6.07, 6.45) is 1.08. The molecule has 0 radical (unpaired) electrons. The van der Waals surface area contributed by atoms with Gasteiger partial charge in [0.1, 0.15) is 0 Å². The summed E-state index contributed by atoms with van der Waals surface area (Å²) in [5.74, 6) is 1.04. The zero-order valence-corrected chi connectivity index (χ0v) is 13.7. The average molecular weight is 350 g/mol. The number of aryl methyl sites for hydroxylation is 1. The highest BCUT2D eigenvalue weighted by Crippen LogP contribution is 2.35. The molecule has 0 fully saturated rings. The average Bonchev–Trinajstić information content (AvgIpc) is 3.02. The number of rotatable bonds is 4. The second-order valence-electron chi connectivity index (χ2n) is 4.71. The lowest BCUT2D eigenvalue weighted by Crippen LogP contribution is -1.99. The Morgan fingerprint density at radius 1 is 1.35 bits per heavy atom. The van der Waals surface area contributed by atoms with E-state index in [0.29, 0.717) is 6.54 Å². The third-order valence-electron chi connectivity index (χ3n) is 3.32. The van der Waals surface area contributed by atoms with E-state index in [0.717, 1.165) is 34.3 Å². The number of thiophene rings is 1. The van der Waals surface area contributed by atoms with Crippen LogP contribution in [0, 0.1) is 0 Å². The lowest BCUT2D eigenvalue weighted by Gasteiger charge is -2.07. The normalized spacial score (nSPS) is 11.3. The van der Waals surface area contributed by atoms with Crippen molar-refractivity contribution in [2.45, 2.75) is 26.4 Å². The van der Waals surface area contributed by atoms with E-state index in [4.69, 9.17) is 10.7 Å². The molecule has 1 aromatic carbocycles. The standard InChI is InChI=1S/C15H16BrN3S/c1-2-6-19-13-4-3-10(9-17)8-12(13)18-15(19)14-11(16)5-7-20-14/h3-5,7-8H,2,6,9,17H2,1H3. The van der Waals surface area contributed by atoms with Gasteiger partial charge in [-0.1, -0.05) is 13.0 Å². The quantitative estimate of drug-likeness (QED) is 0.758. The van der Waals surface area contributed by atoms with E-state index in [1.807, 2.05) is 0 Å². The van der Waals surface area contributed by atoms with Crippen LogP contribution in [0.3, 0.4) is 0 Å². The minimum Gasteiger partial charge on any atom is -0.326 e. The second kappa shape index (κ2) is 5.68. The van der Waals surface area contributed by atoms with Crippen LogP contribution < -0.4 is 5.73 Å². The monoisotopic (exact) mass is 349 g/mol. The number of halogens is 1. The van der Waals surface area contributed by atoms with Gasteiger partial charge in [0.15, 0.2) is 5.82 Å². The van der Waals surface area contributed by atoms with Gasteiger partial charge < -0.3 is 10.3 Å². The van der Waals surface area contributed by atoms with Crippen molar-refractivity contribution >= 4 is 38.3 Å². The van der Waals surface area contributed by atoms with E-state index in [9.17, 15) is 0 Å². The van der Waals surface area contributed by atoms with E-state index < -0.39 is 0 Å². The third-order valence-corrected chi connectivity index (χ3v) is 5.15. The zero-order chi connectivity index (χ0) is 14.1. The van der Waals surface area contributed by atoms with Gasteiger partial charge in [-0.25, -0.2) is 4.98 Å². The predicted octanol–water partition coefficient (Wildman–Crippen LogP) is 4.40. The van der Waals surface area contributed by atoms with Crippen molar-refractivity contribution in [1.29, 1.82) is 0 Å². The Hall–Kier alpha value is -1.17. The fourth-order valence-corrected chi connectivity index (χ4v) is 3.93. The second-order valence-corrected chi connectivity index (χ2v) is 6.48. The highest BCUT2D eigenvalue weighted by atomic mass is 79.9. The number of nitrogens with zero attached hydrogens (tertiary/aromatic N) is 2. The molecule has 2 N–H and O–H groups in total. The van der Waals surface area contributed by atoms with Crippen molar-refractivity contribution in [3.63, 3.8) is 0 Å². The van der Waals surface area contributed by atoms with E-state index in [1.54, 1.807) is 11.3 Å². The van der Waals surface area contributed by atoms with Crippen LogP contribution in [0.15, 0.2) is 34.1 Å². The fraction of sp³-hybridized carbons (Fsp3) is 0.267. The van der Waals surface area contributed by atoms with Gasteiger partial charge in [-0.3, -0.25) is 0 Å². The summed E-state index contributed by atoms with van der Waals surface area (Å²) >= 11 is 5.32. The summed E-state index contributed by atoms with van der Waals surface area (Å²) < 4.78 is 3.40. The van der Waals surface area contributed by atoms with Gasteiger partial charge in [-0.05, 0) is 51.5 Å². The highest BCUT2D eigenvalue weighted by molar-refractivity contribution is 9.10. The largest absolute Gasteiger partial charge is 0.326 e. The predicted molar refractivity (Wildman–Crippen MR) is 88.9 cm³/mol. The number of fused-ring (bicyclic) bond motifs is 1. The van der Waals surface area contributed by atoms with Crippen LogP contribution in [0.4, 0.5) is 0 Å². The molecule has 0 atom stereocenters. The van der Waals surface area contributed by atoms with Gasteiger partial charge in [-0.15, -0.1) is 11.3 Å². The van der Waals surface area contributed by atoms with Gasteiger partial charge in [0.05, 0.1) is 15.9 Å². The Morgan fingerprint density at radius 2 is 2.20 bits per heavy atom. The molecule has 0 saturated heterocycles. The number of nitrogens with two attached hydrogens (primary N) is 1. The minimum absolute atomic E-state index is 0.550. The first kappa shape index (κ1) is 13.8. The van der Waals surface area contributed by atoms with Crippen molar-refractivity contribution < 1.29 is 0 Å². The molecular formula is C15H16BrN3S. The zero-order valence-electron chi connectivity index (χ0n) is 11.3. The fourth-order valence-electron chi connectivity index (χ4n) is 2.38. The van der Waals surface area contributed by atoms with Crippen LogP contribution in [-0.2, 0) is 13.1 Å². The number of benzene rings is 1. The number of aromatic nitrogens is 2. The van der Waals surface area contributed by atoms with Crippen LogP contribution in [0.1, 0.15) is 18.9 Å². The molecule has 0 bridgehead atoms. The maximum absolute atomic E-state index is 5.72. The van der Waals surface area contributed by atoms with Crippen molar-refractivity contribution in [2.24, 2.45) is 5.73 Å². The number of imidazole rings is 1. The molecule has 104 valence electrons. The van der Waals surface area contributed by atoms with E-state index in [-0.39, 0.29) is 0 Å². The smallest absolute Gasteiger partial charge is 0.152 e. The van der Waals surface area contributed by atoms with E-state index >= 15 is 0 Å². The Labute approximate surface area is 130 Å². The van der Waals surface area contributed by atoms with Crippen molar-refractivity contribution in [3.05, 3.63) is 39.7 Å². The lowest BCUT2D eigenvalue weighted by atomic mass is 10.2. The van der Waals surface area contributed by atoms with Crippen LogP contribution in [0.2, 0.25) is 0 Å². The Morgan fingerprint density at radius 3 is 2.85 bits per heavy atom. The molecule has 20 heavy (non-hydrogen) atoms. The summed E-state index contributed by atoms with van der Waals surface area (Å²) in [7, 11) is 0. The van der Waals surface area contributed by atoms with Crippen molar-refractivity contribution in [1.82, 2.24) is 9.55 Å². The van der Waals surface area contributed by atoms with Crippen molar-refractivity contribution in [3.8, 4) is 10.7 Å². The van der Waals surface area contributed by atoms with Crippen molar-refractivity contribution in [2.75, 3.05) is 0 Å². The topological polar surface area (TPSA) is 43.8 Å². The molecule has 3 aromatic rings. The van der Waals surface area contributed by atoms with Gasteiger partial charge in [0, 0.05) is 17.6 Å². The Balaban J connectivity index is 2.25. The molecule has 0 aliphatic heterocycles. The molecule has 0 aliphatic carbocycles. The number of hydrogen-bond acceptors (Lipinski definition) is 3. The first-order valence-corrected chi connectivity index (χ1v) is 8.34. The van der Waals surface area contributed by atoms with Crippen LogP contribution in [0.5, 0.6) is 0 Å². The summed E-state index contributed by atoms with van der Waals surface area (Å²) in [6.45, 7) is 3.71. The maximum atomic E-state index is 5.72. The van der Waals surface area contributed by atoms with Crippen LogP contribution in [0.25, 0.3) is 21.7 Å². The summed E-state index contributed by atoms with van der Waals surface area (Å²) in [5, 5.41) is 2.08. The van der Waals surface area contributed by atoms with Gasteiger partial charge in [0.2, 0.25) is 0 Å². The van der Waals surface area contributed by atoms with Crippen LogP contribution >= 0.6 is 27.3 Å². The Bertz CT molecular complexity index is 745. The molecule has 5 heteroatoms. The molecule has 0 amide bonds. The first-order chi connectivity index (χ1) is 9.74. The number of hydrogen-bond donors (Lipinski definition) is 1. The molecule has 0 aliphatic rings. The van der Waals surface area contributed by atoms with Gasteiger partial charge in [0.25, 0.3) is 0 Å². The molecule has 2 aromatic heterocycles. The van der Waals surface area contributed by atoms with Gasteiger partial charge in [-0.2, -0.15) is 0 Å². The summed E-state index contributed by atoms with van der Waals surface area (Å²) in [4.78, 5) is 6.02. The lowest BCUT2D eigenvalue weighted by molar-refractivity contribution is 0.705. The molecule has 3 rings (SSSR count). The SMILES string of the molecule is CCCn1c(-c2sccc2Br)nc2cc(CN)ccc21. The van der Waals surface area contributed by atoms with Crippen LogP contribution in [-0.4, -0.2) is 9.55 Å². The van der Waals surface area contributed by atoms with E-state index in [2.05, 4.69) is 57.1 Å². The molecule has 0 spiro atoms. The first-order valence-electron chi connectivity index (χ1n) is 6.67.